The minimum Gasteiger partial charge on any atom is -0.303 e. The van der Waals surface area contributed by atoms with Crippen LogP contribution in [0.1, 0.15) is 13.3 Å². The van der Waals surface area contributed by atoms with Gasteiger partial charge in [0.2, 0.25) is 0 Å². The lowest BCUT2D eigenvalue weighted by molar-refractivity contribution is -0.175. The molecule has 0 aromatic heterocycles. The number of nitrogens with one attached hydrogen (secondary N) is 1. The van der Waals surface area contributed by atoms with Gasteiger partial charge in [-0.3, -0.25) is 0 Å². The molecule has 1 rings (SSSR count). The van der Waals surface area contributed by atoms with Gasteiger partial charge in [0.1, 0.15) is 11.7 Å². The van der Waals surface area contributed by atoms with Gasteiger partial charge in [0, 0.05) is 0 Å². The summed E-state index contributed by atoms with van der Waals surface area (Å²) in [5, 5.41) is 2.09. The fourth-order valence-corrected chi connectivity index (χ4v) is 1.28. The van der Waals surface area contributed by atoms with Gasteiger partial charge in [-0.2, -0.15) is 13.2 Å². The van der Waals surface area contributed by atoms with Crippen LogP contribution in [0.4, 0.5) is 17.6 Å². The van der Waals surface area contributed by atoms with Gasteiger partial charge in [-0.25, -0.2) is 4.39 Å². The molecule has 66 valence electrons. The summed E-state index contributed by atoms with van der Waals surface area (Å²) in [5.41, 5.74) is -2.14. The Morgan fingerprint density at radius 3 is 2.18 bits per heavy atom. The average Bonchev–Trinajstić information content (AvgIpc) is 2.06. The maximum absolute atomic E-state index is 13.0. The molecule has 0 aliphatic carbocycles. The summed E-state index contributed by atoms with van der Waals surface area (Å²) in [4.78, 5) is 0. The molecule has 1 heterocycles. The van der Waals surface area contributed by atoms with Gasteiger partial charge < -0.3 is 5.32 Å². The van der Waals surface area contributed by atoms with Crippen molar-refractivity contribution in [3.63, 3.8) is 0 Å². The van der Waals surface area contributed by atoms with Crippen molar-refractivity contribution in [3.05, 3.63) is 0 Å². The zero-order chi connectivity index (χ0) is 8.70. The molecule has 0 radical (unpaired) electrons. The monoisotopic (exact) mass is 171 g/mol. The van der Waals surface area contributed by atoms with Crippen LogP contribution in [0.3, 0.4) is 0 Å². The van der Waals surface area contributed by atoms with E-state index in [-0.39, 0.29) is 13.0 Å². The Balaban J connectivity index is 2.73. The Kier molecular flexibility index (Phi) is 1.86. The quantitative estimate of drug-likeness (QED) is 0.546. The predicted molar refractivity (Wildman–Crippen MR) is 32.0 cm³/mol. The predicted octanol–water partition coefficient (Wildman–Crippen LogP) is 1.64. The van der Waals surface area contributed by atoms with E-state index in [9.17, 15) is 17.6 Å². The molecule has 1 fully saturated rings. The highest BCUT2D eigenvalue weighted by molar-refractivity contribution is 4.98. The van der Waals surface area contributed by atoms with Gasteiger partial charge in [-0.15, -0.1) is 0 Å². The summed E-state index contributed by atoms with van der Waals surface area (Å²) in [6, 6.07) is -1.99. The topological polar surface area (TPSA) is 12.0 Å². The fraction of sp³-hybridized carbons (Fsp3) is 1.00. The van der Waals surface area contributed by atoms with E-state index in [4.69, 9.17) is 0 Å². The molecular formula is C6H9F4N. The Bertz CT molecular complexity index is 151. The lowest BCUT2D eigenvalue weighted by Crippen LogP contribution is -2.48. The zero-order valence-electron chi connectivity index (χ0n) is 6.00. The molecule has 11 heavy (non-hydrogen) atoms. The maximum Gasteiger partial charge on any atom is 0.406 e. The first kappa shape index (κ1) is 8.77. The Hall–Kier alpha value is -0.320. The molecule has 1 aliphatic heterocycles. The fourth-order valence-electron chi connectivity index (χ4n) is 1.28. The first-order chi connectivity index (χ1) is 4.84. The van der Waals surface area contributed by atoms with Crippen molar-refractivity contribution in [2.24, 2.45) is 0 Å². The second-order valence-electron chi connectivity index (χ2n) is 2.96. The molecule has 2 unspecified atom stereocenters. The zero-order valence-corrected chi connectivity index (χ0v) is 6.00. The van der Waals surface area contributed by atoms with E-state index in [1.54, 1.807) is 0 Å². The molecule has 1 saturated heterocycles. The summed E-state index contributed by atoms with van der Waals surface area (Å²) in [6.07, 6.45) is -4.54. The van der Waals surface area contributed by atoms with Crippen molar-refractivity contribution in [1.29, 1.82) is 0 Å². The first-order valence-corrected chi connectivity index (χ1v) is 3.33. The molecular weight excluding hydrogens is 162 g/mol. The van der Waals surface area contributed by atoms with Crippen LogP contribution < -0.4 is 5.32 Å². The smallest absolute Gasteiger partial charge is 0.303 e. The molecule has 0 aromatic carbocycles. The molecule has 0 spiro atoms. The standard InChI is InChI=1S/C6H9F4N/c1-5(7)2-3-11-4(5)6(8,9)10/h4,11H,2-3H2,1H3. The van der Waals surface area contributed by atoms with E-state index in [1.807, 2.05) is 0 Å². The van der Waals surface area contributed by atoms with Gasteiger partial charge in [0.25, 0.3) is 0 Å². The third-order valence-electron chi connectivity index (χ3n) is 1.89. The highest BCUT2D eigenvalue weighted by Crippen LogP contribution is 2.35. The van der Waals surface area contributed by atoms with E-state index in [1.165, 1.54) is 0 Å². The van der Waals surface area contributed by atoms with Gasteiger partial charge >= 0.3 is 6.18 Å². The van der Waals surface area contributed by atoms with Crippen molar-refractivity contribution >= 4 is 0 Å². The molecule has 0 bridgehead atoms. The molecule has 1 N–H and O–H groups in total. The molecule has 0 aromatic rings. The van der Waals surface area contributed by atoms with Crippen LogP contribution in [0.2, 0.25) is 0 Å². The van der Waals surface area contributed by atoms with Gasteiger partial charge in [-0.05, 0) is 19.9 Å². The number of rotatable bonds is 0. The summed E-state index contributed by atoms with van der Waals surface area (Å²) in [6.45, 7) is 1.07. The first-order valence-electron chi connectivity index (χ1n) is 3.33. The SMILES string of the molecule is CC1(F)CCNC1C(F)(F)F. The van der Waals surface area contributed by atoms with Crippen LogP contribution in [0.5, 0.6) is 0 Å². The summed E-state index contributed by atoms with van der Waals surface area (Å²) < 4.78 is 48.9. The van der Waals surface area contributed by atoms with Crippen LogP contribution in [0.15, 0.2) is 0 Å². The van der Waals surface area contributed by atoms with Crippen molar-refractivity contribution in [2.45, 2.75) is 31.2 Å². The van der Waals surface area contributed by atoms with Crippen molar-refractivity contribution in [3.8, 4) is 0 Å². The highest BCUT2D eigenvalue weighted by atomic mass is 19.4. The number of halogens is 4. The normalized spacial score (nSPS) is 39.5. The van der Waals surface area contributed by atoms with E-state index in [0.29, 0.717) is 0 Å². The molecule has 1 nitrogen and oxygen atoms in total. The van der Waals surface area contributed by atoms with Crippen LogP contribution in [-0.2, 0) is 0 Å². The summed E-state index contributed by atoms with van der Waals surface area (Å²) in [7, 11) is 0. The largest absolute Gasteiger partial charge is 0.406 e. The second kappa shape index (κ2) is 2.33. The van der Waals surface area contributed by atoms with E-state index in [2.05, 4.69) is 5.32 Å². The molecule has 1 aliphatic rings. The Morgan fingerprint density at radius 2 is 2.00 bits per heavy atom. The maximum atomic E-state index is 13.0. The number of alkyl halides is 4. The van der Waals surface area contributed by atoms with Gasteiger partial charge in [-0.1, -0.05) is 0 Å². The molecule has 5 heteroatoms. The lowest BCUT2D eigenvalue weighted by Gasteiger charge is -2.24. The van der Waals surface area contributed by atoms with E-state index < -0.39 is 17.9 Å². The van der Waals surface area contributed by atoms with Crippen LogP contribution in [0, 0.1) is 0 Å². The second-order valence-corrected chi connectivity index (χ2v) is 2.96. The Morgan fingerprint density at radius 1 is 1.45 bits per heavy atom. The van der Waals surface area contributed by atoms with E-state index >= 15 is 0 Å². The van der Waals surface area contributed by atoms with Crippen molar-refractivity contribution in [1.82, 2.24) is 5.32 Å². The minimum absolute atomic E-state index is 0.0722. The van der Waals surface area contributed by atoms with E-state index in [0.717, 1.165) is 6.92 Å². The Labute approximate surface area is 61.8 Å². The highest BCUT2D eigenvalue weighted by Gasteiger charge is 2.54. The van der Waals surface area contributed by atoms with Crippen LogP contribution >= 0.6 is 0 Å². The summed E-state index contributed by atoms with van der Waals surface area (Å²) >= 11 is 0. The van der Waals surface area contributed by atoms with Crippen LogP contribution in [0.25, 0.3) is 0 Å². The lowest BCUT2D eigenvalue weighted by atomic mass is 9.99. The average molecular weight is 171 g/mol. The number of hydrogen-bond donors (Lipinski definition) is 1. The third kappa shape index (κ3) is 1.64. The van der Waals surface area contributed by atoms with Crippen molar-refractivity contribution < 1.29 is 17.6 Å². The summed E-state index contributed by atoms with van der Waals surface area (Å²) in [5.74, 6) is 0. The third-order valence-corrected chi connectivity index (χ3v) is 1.89. The molecule has 0 saturated carbocycles. The number of hydrogen-bond acceptors (Lipinski definition) is 1. The van der Waals surface area contributed by atoms with Gasteiger partial charge in [0.05, 0.1) is 0 Å². The van der Waals surface area contributed by atoms with Crippen LogP contribution in [-0.4, -0.2) is 24.4 Å². The van der Waals surface area contributed by atoms with Crippen molar-refractivity contribution in [2.75, 3.05) is 6.54 Å². The van der Waals surface area contributed by atoms with Gasteiger partial charge in [0.15, 0.2) is 0 Å². The molecule has 0 amide bonds. The molecule has 2 atom stereocenters. The minimum atomic E-state index is -4.47.